The molecule has 0 radical (unpaired) electrons. The van der Waals surface area contributed by atoms with Crippen molar-refractivity contribution in [3.05, 3.63) is 48.0 Å². The molecule has 1 atom stereocenters. The Kier molecular flexibility index (Phi) is 4.62. The number of hydrogen-bond donors (Lipinski definition) is 1. The van der Waals surface area contributed by atoms with Crippen molar-refractivity contribution in [1.29, 1.82) is 0 Å². The lowest BCUT2D eigenvalue weighted by molar-refractivity contribution is -0.135. The van der Waals surface area contributed by atoms with Crippen LogP contribution in [0.2, 0.25) is 0 Å². The molecule has 2 heterocycles. The van der Waals surface area contributed by atoms with Crippen LogP contribution in [0.15, 0.2) is 36.7 Å². The lowest BCUT2D eigenvalue weighted by Crippen LogP contribution is -2.49. The van der Waals surface area contributed by atoms with Crippen molar-refractivity contribution in [3.8, 4) is 5.75 Å². The van der Waals surface area contributed by atoms with Crippen LogP contribution in [-0.4, -0.2) is 47.1 Å². The number of hydrogen-bond acceptors (Lipinski definition) is 4. The fourth-order valence-corrected chi connectivity index (χ4v) is 3.03. The van der Waals surface area contributed by atoms with Gasteiger partial charge in [0.25, 0.3) is 0 Å². The molecule has 0 saturated carbocycles. The molecule has 1 aromatic heterocycles. The van der Waals surface area contributed by atoms with Crippen LogP contribution in [0.25, 0.3) is 0 Å². The average molecular weight is 314 g/mol. The van der Waals surface area contributed by atoms with Crippen LogP contribution in [-0.2, 0) is 11.3 Å². The minimum absolute atomic E-state index is 0.0174. The Morgan fingerprint density at radius 2 is 2.26 bits per heavy atom. The maximum atomic E-state index is 12.8. The molecule has 1 aromatic carbocycles. The molecule has 1 saturated heterocycles. The number of carbonyl (C=O) groups excluding carboxylic acids is 1. The zero-order valence-electron chi connectivity index (χ0n) is 13.5. The monoisotopic (exact) mass is 314 g/mol. The second kappa shape index (κ2) is 6.83. The number of carbonyl (C=O) groups is 1. The van der Waals surface area contributed by atoms with Gasteiger partial charge in [0.2, 0.25) is 5.91 Å². The molecule has 1 aliphatic heterocycles. The lowest BCUT2D eigenvalue weighted by atomic mass is 10.0. The number of para-hydroxylation sites is 1. The number of nitrogens with zero attached hydrogens (tertiary/aromatic N) is 3. The summed E-state index contributed by atoms with van der Waals surface area (Å²) < 4.78 is 7.35. The van der Waals surface area contributed by atoms with E-state index in [1.165, 1.54) is 0 Å². The molecule has 1 N–H and O–H groups in total. The summed E-state index contributed by atoms with van der Waals surface area (Å²) >= 11 is 0. The first kappa shape index (κ1) is 15.6. The number of benzene rings is 1. The van der Waals surface area contributed by atoms with Gasteiger partial charge in [-0.3, -0.25) is 4.79 Å². The molecule has 0 aliphatic carbocycles. The summed E-state index contributed by atoms with van der Waals surface area (Å²) in [6.45, 7) is 4.45. The van der Waals surface area contributed by atoms with Gasteiger partial charge in [-0.2, -0.15) is 0 Å². The first-order valence-corrected chi connectivity index (χ1v) is 7.81. The van der Waals surface area contributed by atoms with Gasteiger partial charge in [-0.25, -0.2) is 4.98 Å². The minimum atomic E-state index is -0.0174. The number of ether oxygens (including phenoxy) is 1. The van der Waals surface area contributed by atoms with E-state index < -0.39 is 0 Å². The first-order valence-electron chi connectivity index (χ1n) is 7.81. The van der Waals surface area contributed by atoms with E-state index in [2.05, 4.69) is 10.3 Å². The normalized spacial score (nSPS) is 18.0. The van der Waals surface area contributed by atoms with Crippen molar-refractivity contribution in [1.82, 2.24) is 19.8 Å². The van der Waals surface area contributed by atoms with Gasteiger partial charge < -0.3 is 19.5 Å². The second-order valence-corrected chi connectivity index (χ2v) is 5.65. The Morgan fingerprint density at radius 1 is 1.43 bits per heavy atom. The number of nitrogens with one attached hydrogen (secondary N) is 1. The zero-order valence-corrected chi connectivity index (χ0v) is 13.5. The molecule has 1 aliphatic rings. The summed E-state index contributed by atoms with van der Waals surface area (Å²) in [6, 6.07) is 7.87. The van der Waals surface area contributed by atoms with Crippen molar-refractivity contribution in [3.63, 3.8) is 0 Å². The van der Waals surface area contributed by atoms with Gasteiger partial charge in [0.1, 0.15) is 18.1 Å². The Bertz CT molecular complexity index is 683. The number of imidazole rings is 1. The molecule has 6 nitrogen and oxygen atoms in total. The molecule has 0 bridgehead atoms. The van der Waals surface area contributed by atoms with E-state index in [1.807, 2.05) is 46.9 Å². The fourth-order valence-electron chi connectivity index (χ4n) is 3.03. The Balaban J connectivity index is 1.84. The number of aryl methyl sites for hydroxylation is 1. The molecule has 122 valence electrons. The third-order valence-electron chi connectivity index (χ3n) is 4.29. The SMILES string of the molecule is COc1ccccc1[C@@H]1CNCCN1C(=O)Cn1ccnc1C. The lowest BCUT2D eigenvalue weighted by Gasteiger charge is -2.37. The van der Waals surface area contributed by atoms with Crippen LogP contribution >= 0.6 is 0 Å². The highest BCUT2D eigenvalue weighted by Crippen LogP contribution is 2.30. The number of aromatic nitrogens is 2. The molecule has 2 aromatic rings. The van der Waals surface area contributed by atoms with Crippen molar-refractivity contribution >= 4 is 5.91 Å². The molecule has 3 rings (SSSR count). The molecule has 1 amide bonds. The van der Waals surface area contributed by atoms with E-state index in [-0.39, 0.29) is 11.9 Å². The van der Waals surface area contributed by atoms with E-state index in [4.69, 9.17) is 4.74 Å². The highest BCUT2D eigenvalue weighted by atomic mass is 16.5. The van der Waals surface area contributed by atoms with Gasteiger partial charge in [-0.1, -0.05) is 18.2 Å². The summed E-state index contributed by atoms with van der Waals surface area (Å²) in [6.07, 6.45) is 3.56. The first-order chi connectivity index (χ1) is 11.2. The Labute approximate surface area is 136 Å². The van der Waals surface area contributed by atoms with Crippen molar-refractivity contribution in [2.75, 3.05) is 26.7 Å². The number of methoxy groups -OCH3 is 1. The summed E-state index contributed by atoms with van der Waals surface area (Å²) in [5.74, 6) is 1.77. The summed E-state index contributed by atoms with van der Waals surface area (Å²) in [5.41, 5.74) is 1.04. The van der Waals surface area contributed by atoms with Crippen LogP contribution < -0.4 is 10.1 Å². The molecular weight excluding hydrogens is 292 g/mol. The Morgan fingerprint density at radius 3 is 3.00 bits per heavy atom. The highest BCUT2D eigenvalue weighted by Gasteiger charge is 2.29. The van der Waals surface area contributed by atoms with Crippen LogP contribution in [0.3, 0.4) is 0 Å². The third-order valence-corrected chi connectivity index (χ3v) is 4.29. The summed E-state index contributed by atoms with van der Waals surface area (Å²) in [5, 5.41) is 3.37. The zero-order chi connectivity index (χ0) is 16.2. The standard InChI is InChI=1S/C17H22N4O2/c1-13-19-8-9-20(13)12-17(22)21-10-7-18-11-15(21)14-5-3-4-6-16(14)23-2/h3-6,8-9,15,18H,7,10-12H2,1-2H3/t15-/m0/s1. The fraction of sp³-hybridized carbons (Fsp3) is 0.412. The van der Waals surface area contributed by atoms with Gasteiger partial charge in [0, 0.05) is 37.6 Å². The van der Waals surface area contributed by atoms with Crippen LogP contribution in [0.5, 0.6) is 5.75 Å². The largest absolute Gasteiger partial charge is 0.496 e. The number of rotatable bonds is 4. The quantitative estimate of drug-likeness (QED) is 0.926. The topological polar surface area (TPSA) is 59.4 Å². The molecule has 0 unspecified atom stereocenters. The van der Waals surface area contributed by atoms with Crippen LogP contribution in [0.4, 0.5) is 0 Å². The Hall–Kier alpha value is -2.34. The predicted molar refractivity (Wildman–Crippen MR) is 87.3 cm³/mol. The maximum Gasteiger partial charge on any atom is 0.243 e. The summed E-state index contributed by atoms with van der Waals surface area (Å²) in [7, 11) is 1.66. The smallest absolute Gasteiger partial charge is 0.243 e. The van der Waals surface area contributed by atoms with Crippen molar-refractivity contribution in [2.45, 2.75) is 19.5 Å². The number of amides is 1. The number of piperazine rings is 1. The molecule has 23 heavy (non-hydrogen) atoms. The maximum absolute atomic E-state index is 12.8. The van der Waals surface area contributed by atoms with E-state index in [1.54, 1.807) is 13.3 Å². The predicted octanol–water partition coefficient (Wildman–Crippen LogP) is 1.37. The van der Waals surface area contributed by atoms with Gasteiger partial charge >= 0.3 is 0 Å². The average Bonchev–Trinajstić information content (AvgIpc) is 2.99. The second-order valence-electron chi connectivity index (χ2n) is 5.65. The summed E-state index contributed by atoms with van der Waals surface area (Å²) in [4.78, 5) is 18.9. The van der Waals surface area contributed by atoms with Gasteiger partial charge in [0.05, 0.1) is 13.2 Å². The van der Waals surface area contributed by atoms with Crippen LogP contribution in [0.1, 0.15) is 17.4 Å². The van der Waals surface area contributed by atoms with Crippen molar-refractivity contribution in [2.24, 2.45) is 0 Å². The molecule has 0 spiro atoms. The van der Waals surface area contributed by atoms with Crippen molar-refractivity contribution < 1.29 is 9.53 Å². The third kappa shape index (κ3) is 3.22. The molecular formula is C17H22N4O2. The van der Waals surface area contributed by atoms with Gasteiger partial charge in [-0.15, -0.1) is 0 Å². The van der Waals surface area contributed by atoms with Gasteiger partial charge in [0.15, 0.2) is 0 Å². The van der Waals surface area contributed by atoms with E-state index in [0.29, 0.717) is 13.1 Å². The minimum Gasteiger partial charge on any atom is -0.496 e. The van der Waals surface area contributed by atoms with E-state index in [9.17, 15) is 4.79 Å². The van der Waals surface area contributed by atoms with Crippen LogP contribution in [0, 0.1) is 6.92 Å². The van der Waals surface area contributed by atoms with Gasteiger partial charge in [-0.05, 0) is 13.0 Å². The van der Waals surface area contributed by atoms with E-state index >= 15 is 0 Å². The molecule has 6 heteroatoms. The molecule has 1 fully saturated rings. The van der Waals surface area contributed by atoms with E-state index in [0.717, 1.165) is 30.2 Å². The highest BCUT2D eigenvalue weighted by molar-refractivity contribution is 5.77.